The highest BCUT2D eigenvalue weighted by Crippen LogP contribution is 1.98. The average Bonchev–Trinajstić information content (AvgIpc) is 2.29. The number of amides is 1. The Balaban J connectivity index is 3.18. The number of nitrogens with one attached hydrogen (secondary N) is 3. The monoisotopic (exact) mass is 271 g/mol. The van der Waals surface area contributed by atoms with Crippen molar-refractivity contribution in [1.82, 2.24) is 16.0 Å². The van der Waals surface area contributed by atoms with Crippen LogP contribution in [0.3, 0.4) is 0 Å². The van der Waals surface area contributed by atoms with Gasteiger partial charge in [0.25, 0.3) is 0 Å². The number of carbonyl (C=O) groups excluding carboxylic acids is 1. The van der Waals surface area contributed by atoms with Crippen molar-refractivity contribution in [2.75, 3.05) is 26.2 Å². The third kappa shape index (κ3) is 13.6. The Morgan fingerprint density at radius 1 is 0.947 bits per heavy atom. The first-order chi connectivity index (χ1) is 8.83. The Morgan fingerprint density at radius 3 is 2.11 bits per heavy atom. The van der Waals surface area contributed by atoms with E-state index in [1.165, 1.54) is 12.8 Å². The Morgan fingerprint density at radius 2 is 1.53 bits per heavy atom. The SMILES string of the molecule is CC(C)C(=O)NCCCNCCCCNC(C)(C)C. The molecule has 0 aliphatic rings. The maximum absolute atomic E-state index is 11.3. The smallest absolute Gasteiger partial charge is 0.222 e. The highest BCUT2D eigenvalue weighted by atomic mass is 16.1. The lowest BCUT2D eigenvalue weighted by Crippen LogP contribution is -2.36. The second-order valence-corrected chi connectivity index (χ2v) is 6.43. The fraction of sp³-hybridized carbons (Fsp3) is 0.933. The van der Waals surface area contributed by atoms with Crippen LogP contribution in [0, 0.1) is 5.92 Å². The Bertz CT molecular complexity index is 234. The summed E-state index contributed by atoms with van der Waals surface area (Å²) in [4.78, 5) is 11.3. The van der Waals surface area contributed by atoms with Gasteiger partial charge in [-0.2, -0.15) is 0 Å². The van der Waals surface area contributed by atoms with E-state index in [1.807, 2.05) is 13.8 Å². The number of carbonyl (C=O) groups is 1. The molecular weight excluding hydrogens is 238 g/mol. The van der Waals surface area contributed by atoms with Gasteiger partial charge in [0, 0.05) is 18.0 Å². The molecule has 0 heterocycles. The summed E-state index contributed by atoms with van der Waals surface area (Å²) in [5, 5.41) is 9.81. The molecule has 0 aromatic heterocycles. The van der Waals surface area contributed by atoms with Crippen LogP contribution in [0.2, 0.25) is 0 Å². The lowest BCUT2D eigenvalue weighted by atomic mass is 10.1. The van der Waals surface area contributed by atoms with Crippen LogP contribution in [0.4, 0.5) is 0 Å². The predicted molar refractivity (Wildman–Crippen MR) is 82.3 cm³/mol. The summed E-state index contributed by atoms with van der Waals surface area (Å²) in [6.45, 7) is 14.3. The zero-order chi connectivity index (χ0) is 14.7. The largest absolute Gasteiger partial charge is 0.356 e. The van der Waals surface area contributed by atoms with Crippen molar-refractivity contribution < 1.29 is 4.79 Å². The number of rotatable bonds is 10. The normalized spacial score (nSPS) is 11.9. The van der Waals surface area contributed by atoms with E-state index in [2.05, 4.69) is 36.7 Å². The highest BCUT2D eigenvalue weighted by Gasteiger charge is 2.06. The third-order valence-corrected chi connectivity index (χ3v) is 2.79. The molecule has 0 unspecified atom stereocenters. The van der Waals surface area contributed by atoms with E-state index < -0.39 is 0 Å². The van der Waals surface area contributed by atoms with E-state index in [1.54, 1.807) is 0 Å². The van der Waals surface area contributed by atoms with Crippen LogP contribution in [-0.4, -0.2) is 37.6 Å². The van der Waals surface area contributed by atoms with Gasteiger partial charge in [-0.3, -0.25) is 4.79 Å². The standard InChI is InChI=1S/C15H33N3O/c1-13(2)14(19)17-11-8-10-16-9-6-7-12-18-15(3,4)5/h13,16,18H,6-12H2,1-5H3,(H,17,19). The molecule has 0 aromatic rings. The lowest BCUT2D eigenvalue weighted by molar-refractivity contribution is -0.123. The van der Waals surface area contributed by atoms with Gasteiger partial charge < -0.3 is 16.0 Å². The minimum atomic E-state index is 0.0864. The Kier molecular flexibility index (Phi) is 9.88. The molecule has 4 heteroatoms. The van der Waals surface area contributed by atoms with Crippen molar-refractivity contribution in [3.05, 3.63) is 0 Å². The molecule has 0 spiro atoms. The van der Waals surface area contributed by atoms with Crippen LogP contribution >= 0.6 is 0 Å². The molecule has 0 atom stereocenters. The fourth-order valence-corrected chi connectivity index (χ4v) is 1.59. The molecule has 19 heavy (non-hydrogen) atoms. The quantitative estimate of drug-likeness (QED) is 0.532. The summed E-state index contributed by atoms with van der Waals surface area (Å²) in [5.41, 5.74) is 0.224. The molecular formula is C15H33N3O. The van der Waals surface area contributed by atoms with Crippen LogP contribution in [0.5, 0.6) is 0 Å². The van der Waals surface area contributed by atoms with E-state index in [9.17, 15) is 4.79 Å². The van der Waals surface area contributed by atoms with E-state index >= 15 is 0 Å². The third-order valence-electron chi connectivity index (χ3n) is 2.79. The lowest BCUT2D eigenvalue weighted by Gasteiger charge is -2.20. The van der Waals surface area contributed by atoms with Gasteiger partial charge in [0.1, 0.15) is 0 Å². The molecule has 0 aliphatic heterocycles. The first kappa shape index (κ1) is 18.4. The van der Waals surface area contributed by atoms with E-state index in [4.69, 9.17) is 0 Å². The van der Waals surface area contributed by atoms with Gasteiger partial charge in [-0.25, -0.2) is 0 Å². The molecule has 0 aromatic carbocycles. The molecule has 0 radical (unpaired) electrons. The minimum absolute atomic E-state index is 0.0864. The van der Waals surface area contributed by atoms with Crippen molar-refractivity contribution in [3.63, 3.8) is 0 Å². The van der Waals surface area contributed by atoms with E-state index in [0.717, 1.165) is 32.6 Å². The van der Waals surface area contributed by atoms with Crippen LogP contribution in [0.25, 0.3) is 0 Å². The van der Waals surface area contributed by atoms with Gasteiger partial charge in [-0.1, -0.05) is 13.8 Å². The van der Waals surface area contributed by atoms with Crippen LogP contribution in [0.1, 0.15) is 53.9 Å². The van der Waals surface area contributed by atoms with Gasteiger partial charge in [-0.15, -0.1) is 0 Å². The second kappa shape index (κ2) is 10.2. The Hall–Kier alpha value is -0.610. The fourth-order valence-electron chi connectivity index (χ4n) is 1.59. The summed E-state index contributed by atoms with van der Waals surface area (Å²) in [5.74, 6) is 0.233. The number of hydrogen-bond donors (Lipinski definition) is 3. The van der Waals surface area contributed by atoms with E-state index in [-0.39, 0.29) is 17.4 Å². The highest BCUT2D eigenvalue weighted by molar-refractivity contribution is 5.77. The number of unbranched alkanes of at least 4 members (excludes halogenated alkanes) is 1. The summed E-state index contributed by atoms with van der Waals surface area (Å²) in [6.07, 6.45) is 3.40. The molecule has 1 amide bonds. The Labute approximate surface area is 119 Å². The maximum Gasteiger partial charge on any atom is 0.222 e. The molecule has 0 saturated carbocycles. The summed E-state index contributed by atoms with van der Waals surface area (Å²) >= 11 is 0. The zero-order valence-electron chi connectivity index (χ0n) is 13.4. The molecule has 0 fully saturated rings. The van der Waals surface area contributed by atoms with Crippen molar-refractivity contribution in [1.29, 1.82) is 0 Å². The molecule has 0 rings (SSSR count). The van der Waals surface area contributed by atoms with Crippen molar-refractivity contribution in [2.24, 2.45) is 5.92 Å². The van der Waals surface area contributed by atoms with Crippen molar-refractivity contribution >= 4 is 5.91 Å². The average molecular weight is 271 g/mol. The maximum atomic E-state index is 11.3. The summed E-state index contributed by atoms with van der Waals surface area (Å²) in [6, 6.07) is 0. The summed E-state index contributed by atoms with van der Waals surface area (Å²) < 4.78 is 0. The van der Waals surface area contributed by atoms with Crippen LogP contribution < -0.4 is 16.0 Å². The van der Waals surface area contributed by atoms with Crippen molar-refractivity contribution in [2.45, 2.75) is 59.4 Å². The molecule has 3 N–H and O–H groups in total. The van der Waals surface area contributed by atoms with Gasteiger partial charge in [0.2, 0.25) is 5.91 Å². The van der Waals surface area contributed by atoms with Gasteiger partial charge in [-0.05, 0) is 59.7 Å². The minimum Gasteiger partial charge on any atom is -0.356 e. The molecule has 0 saturated heterocycles. The molecule has 0 aliphatic carbocycles. The second-order valence-electron chi connectivity index (χ2n) is 6.43. The van der Waals surface area contributed by atoms with Crippen LogP contribution in [-0.2, 0) is 4.79 Å². The summed E-state index contributed by atoms with van der Waals surface area (Å²) in [7, 11) is 0. The predicted octanol–water partition coefficient (Wildman–Crippen LogP) is 1.91. The van der Waals surface area contributed by atoms with Gasteiger partial charge in [0.15, 0.2) is 0 Å². The first-order valence-electron chi connectivity index (χ1n) is 7.56. The first-order valence-corrected chi connectivity index (χ1v) is 7.56. The van der Waals surface area contributed by atoms with Gasteiger partial charge in [0.05, 0.1) is 0 Å². The molecule has 0 bridgehead atoms. The molecule has 4 nitrogen and oxygen atoms in total. The number of hydrogen-bond acceptors (Lipinski definition) is 3. The zero-order valence-corrected chi connectivity index (χ0v) is 13.4. The topological polar surface area (TPSA) is 53.2 Å². The van der Waals surface area contributed by atoms with E-state index in [0.29, 0.717) is 0 Å². The molecule has 114 valence electrons. The van der Waals surface area contributed by atoms with Gasteiger partial charge >= 0.3 is 0 Å². The van der Waals surface area contributed by atoms with Crippen molar-refractivity contribution in [3.8, 4) is 0 Å². The van der Waals surface area contributed by atoms with Crippen LogP contribution in [0.15, 0.2) is 0 Å².